The third-order valence-corrected chi connectivity index (χ3v) is 4.17. The van der Waals surface area contributed by atoms with Gasteiger partial charge in [0.1, 0.15) is 21.2 Å². The largest absolute Gasteiger partial charge is 0.459 e. The van der Waals surface area contributed by atoms with Gasteiger partial charge in [0.05, 0.1) is 6.04 Å². The van der Waals surface area contributed by atoms with Crippen LogP contribution in [0.3, 0.4) is 0 Å². The molecular formula is C14H19NO3S. The molecule has 1 heterocycles. The lowest BCUT2D eigenvalue weighted by molar-refractivity contribution is 0.430. The molecule has 1 N–H and O–H groups in total. The van der Waals surface area contributed by atoms with E-state index in [2.05, 4.69) is 5.32 Å². The van der Waals surface area contributed by atoms with Crippen LogP contribution in [0.1, 0.15) is 24.6 Å². The Morgan fingerprint density at radius 2 is 2.05 bits per heavy atom. The number of para-hydroxylation sites is 1. The van der Waals surface area contributed by atoms with Crippen molar-refractivity contribution in [2.45, 2.75) is 18.9 Å². The van der Waals surface area contributed by atoms with Gasteiger partial charge in [-0.25, -0.2) is 8.42 Å². The van der Waals surface area contributed by atoms with Crippen molar-refractivity contribution in [1.29, 1.82) is 0 Å². The summed E-state index contributed by atoms with van der Waals surface area (Å²) in [7, 11) is -1.03. The minimum Gasteiger partial charge on any atom is -0.459 e. The summed E-state index contributed by atoms with van der Waals surface area (Å²) in [5, 5.41) is 4.25. The van der Waals surface area contributed by atoms with Gasteiger partial charge in [-0.05, 0) is 32.0 Å². The summed E-state index contributed by atoms with van der Waals surface area (Å²) >= 11 is 0. The Labute approximate surface area is 113 Å². The zero-order valence-corrected chi connectivity index (χ0v) is 12.0. The monoisotopic (exact) mass is 281 g/mol. The highest BCUT2D eigenvalue weighted by molar-refractivity contribution is 7.90. The molecule has 4 nitrogen and oxygen atoms in total. The second-order valence-corrected chi connectivity index (χ2v) is 7.06. The molecule has 0 amide bonds. The minimum absolute atomic E-state index is 0.0501. The lowest BCUT2D eigenvalue weighted by Crippen LogP contribution is -2.17. The summed E-state index contributed by atoms with van der Waals surface area (Å²) in [6, 6.07) is 9.91. The molecule has 0 aliphatic rings. The van der Waals surface area contributed by atoms with Gasteiger partial charge < -0.3 is 9.73 Å². The third kappa shape index (κ3) is 3.81. The highest BCUT2D eigenvalue weighted by atomic mass is 32.2. The number of sulfone groups is 1. The topological polar surface area (TPSA) is 59.3 Å². The fourth-order valence-electron chi connectivity index (χ4n) is 2.15. The van der Waals surface area contributed by atoms with Crippen LogP contribution in [-0.4, -0.2) is 27.5 Å². The van der Waals surface area contributed by atoms with Crippen LogP contribution in [0.4, 0.5) is 0 Å². The normalized spacial score (nSPS) is 13.8. The van der Waals surface area contributed by atoms with E-state index < -0.39 is 9.84 Å². The number of fused-ring (bicyclic) bond motifs is 1. The van der Waals surface area contributed by atoms with Crippen LogP contribution >= 0.6 is 0 Å². The highest BCUT2D eigenvalue weighted by Gasteiger charge is 2.15. The number of hydrogen-bond donors (Lipinski definition) is 1. The number of hydrogen-bond acceptors (Lipinski definition) is 4. The molecule has 0 aliphatic carbocycles. The van der Waals surface area contributed by atoms with Crippen molar-refractivity contribution in [3.8, 4) is 0 Å². The van der Waals surface area contributed by atoms with Gasteiger partial charge in [-0.2, -0.15) is 0 Å². The lowest BCUT2D eigenvalue weighted by Gasteiger charge is -2.12. The Kier molecular flexibility index (Phi) is 4.27. The predicted molar refractivity (Wildman–Crippen MR) is 77.0 cm³/mol. The molecule has 104 valence electrons. The van der Waals surface area contributed by atoms with Crippen molar-refractivity contribution in [3.63, 3.8) is 0 Å². The molecule has 1 aromatic carbocycles. The Balaban J connectivity index is 2.08. The van der Waals surface area contributed by atoms with E-state index in [1.54, 1.807) is 0 Å². The van der Waals surface area contributed by atoms with Crippen LogP contribution in [-0.2, 0) is 9.84 Å². The van der Waals surface area contributed by atoms with Crippen LogP contribution in [0, 0.1) is 0 Å². The molecule has 0 aliphatic heterocycles. The van der Waals surface area contributed by atoms with E-state index in [0.29, 0.717) is 6.42 Å². The first-order valence-electron chi connectivity index (χ1n) is 6.33. The van der Waals surface area contributed by atoms with Gasteiger partial charge in [0.15, 0.2) is 0 Å². The maximum Gasteiger partial charge on any atom is 0.147 e. The SMILES string of the molecule is CNC(CCCS(C)(=O)=O)c1cc2ccccc2o1. The molecule has 1 atom stereocenters. The van der Waals surface area contributed by atoms with E-state index >= 15 is 0 Å². The first-order valence-corrected chi connectivity index (χ1v) is 8.39. The molecule has 0 saturated heterocycles. The molecular weight excluding hydrogens is 262 g/mol. The van der Waals surface area contributed by atoms with Crippen molar-refractivity contribution < 1.29 is 12.8 Å². The molecule has 1 unspecified atom stereocenters. The van der Waals surface area contributed by atoms with Crippen LogP contribution in [0.15, 0.2) is 34.7 Å². The summed E-state index contributed by atoms with van der Waals surface area (Å²) in [5.74, 6) is 1.07. The van der Waals surface area contributed by atoms with Gasteiger partial charge in [-0.3, -0.25) is 0 Å². The second kappa shape index (κ2) is 5.75. The van der Waals surface area contributed by atoms with E-state index in [1.807, 2.05) is 37.4 Å². The van der Waals surface area contributed by atoms with E-state index in [-0.39, 0.29) is 11.8 Å². The van der Waals surface area contributed by atoms with Crippen molar-refractivity contribution in [2.75, 3.05) is 19.1 Å². The summed E-state index contributed by atoms with van der Waals surface area (Å²) in [6.45, 7) is 0. The average molecular weight is 281 g/mol. The van der Waals surface area contributed by atoms with E-state index in [1.165, 1.54) is 6.26 Å². The molecule has 19 heavy (non-hydrogen) atoms. The Morgan fingerprint density at radius 1 is 1.32 bits per heavy atom. The number of benzene rings is 1. The molecule has 2 aromatic rings. The summed E-state index contributed by atoms with van der Waals surface area (Å²) in [6.07, 6.45) is 2.63. The van der Waals surface area contributed by atoms with Gasteiger partial charge in [0, 0.05) is 17.4 Å². The van der Waals surface area contributed by atoms with E-state index in [0.717, 1.165) is 23.2 Å². The molecule has 0 bridgehead atoms. The molecule has 0 saturated carbocycles. The van der Waals surface area contributed by atoms with Crippen LogP contribution in [0.25, 0.3) is 11.0 Å². The first-order chi connectivity index (χ1) is 8.99. The van der Waals surface area contributed by atoms with Gasteiger partial charge in [-0.1, -0.05) is 18.2 Å². The standard InChI is InChI=1S/C14H19NO3S/c1-15-12(7-5-9-19(2,16)17)14-10-11-6-3-4-8-13(11)18-14/h3-4,6,8,10,12,15H,5,7,9H2,1-2H3. The minimum atomic E-state index is -2.89. The van der Waals surface area contributed by atoms with Crippen LogP contribution in [0.5, 0.6) is 0 Å². The smallest absolute Gasteiger partial charge is 0.147 e. The Morgan fingerprint density at radius 3 is 2.68 bits per heavy atom. The van der Waals surface area contributed by atoms with Crippen LogP contribution < -0.4 is 5.32 Å². The first kappa shape index (κ1) is 14.1. The maximum atomic E-state index is 11.1. The van der Waals surface area contributed by atoms with Gasteiger partial charge in [0.2, 0.25) is 0 Å². The molecule has 5 heteroatoms. The number of furan rings is 1. The molecule has 0 radical (unpaired) electrons. The molecule has 0 fully saturated rings. The van der Waals surface area contributed by atoms with Gasteiger partial charge in [0.25, 0.3) is 0 Å². The number of rotatable bonds is 6. The van der Waals surface area contributed by atoms with Crippen molar-refractivity contribution in [1.82, 2.24) is 5.32 Å². The van der Waals surface area contributed by atoms with Gasteiger partial charge in [-0.15, -0.1) is 0 Å². The zero-order chi connectivity index (χ0) is 13.9. The third-order valence-electron chi connectivity index (χ3n) is 3.14. The molecule has 0 spiro atoms. The fourth-order valence-corrected chi connectivity index (χ4v) is 2.84. The number of nitrogens with one attached hydrogen (secondary N) is 1. The lowest BCUT2D eigenvalue weighted by atomic mass is 10.1. The Bertz CT molecular complexity index is 613. The van der Waals surface area contributed by atoms with E-state index in [4.69, 9.17) is 4.42 Å². The van der Waals surface area contributed by atoms with Gasteiger partial charge >= 0.3 is 0 Å². The zero-order valence-electron chi connectivity index (χ0n) is 11.2. The van der Waals surface area contributed by atoms with Crippen molar-refractivity contribution >= 4 is 20.8 Å². The summed E-state index contributed by atoms with van der Waals surface area (Å²) in [4.78, 5) is 0. The summed E-state index contributed by atoms with van der Waals surface area (Å²) < 4.78 is 28.1. The van der Waals surface area contributed by atoms with Crippen molar-refractivity contribution in [3.05, 3.63) is 36.1 Å². The summed E-state index contributed by atoms with van der Waals surface area (Å²) in [5.41, 5.74) is 0.862. The average Bonchev–Trinajstić information content (AvgIpc) is 2.76. The Hall–Kier alpha value is -1.33. The molecule has 1 aromatic heterocycles. The van der Waals surface area contributed by atoms with Crippen LogP contribution in [0.2, 0.25) is 0 Å². The van der Waals surface area contributed by atoms with Crippen molar-refractivity contribution in [2.24, 2.45) is 0 Å². The fraction of sp³-hybridized carbons (Fsp3) is 0.429. The highest BCUT2D eigenvalue weighted by Crippen LogP contribution is 2.26. The molecule has 2 rings (SSSR count). The quantitative estimate of drug-likeness (QED) is 0.884. The maximum absolute atomic E-state index is 11.1. The second-order valence-electron chi connectivity index (χ2n) is 4.80. The van der Waals surface area contributed by atoms with E-state index in [9.17, 15) is 8.42 Å². The predicted octanol–water partition coefficient (Wildman–Crippen LogP) is 2.52.